The number of rotatable bonds is 2. The maximum Gasteiger partial charge on any atom is 0.198 e. The van der Waals surface area contributed by atoms with E-state index in [9.17, 15) is 0 Å². The molecule has 0 unspecified atom stereocenters. The highest BCUT2D eigenvalue weighted by Crippen LogP contribution is 2.16. The van der Waals surface area contributed by atoms with Crippen LogP contribution in [-0.4, -0.2) is 19.6 Å². The largest absolute Gasteiger partial charge is 0.282 e. The highest BCUT2D eigenvalue weighted by Gasteiger charge is 2.10. The standard InChI is InChI=1S/C13H11ClN4/c1-9-4-2-3-5-10(9)8-11-16-17-13-12(14)15-6-7-18(11)13/h2-7H,8H2,1H3. The fraction of sp³-hybridized carbons (Fsp3) is 0.154. The van der Waals surface area contributed by atoms with Gasteiger partial charge in [0.15, 0.2) is 10.8 Å². The molecular formula is C13H11ClN4. The molecule has 0 aliphatic carbocycles. The molecule has 0 atom stereocenters. The molecular weight excluding hydrogens is 248 g/mol. The Morgan fingerprint density at radius 3 is 2.89 bits per heavy atom. The van der Waals surface area contributed by atoms with Gasteiger partial charge in [-0.15, -0.1) is 10.2 Å². The molecule has 4 nitrogen and oxygen atoms in total. The van der Waals surface area contributed by atoms with E-state index < -0.39 is 0 Å². The van der Waals surface area contributed by atoms with Gasteiger partial charge < -0.3 is 0 Å². The highest BCUT2D eigenvalue weighted by atomic mass is 35.5. The molecule has 3 rings (SSSR count). The molecule has 0 aliphatic rings. The van der Waals surface area contributed by atoms with Crippen LogP contribution in [0.15, 0.2) is 36.7 Å². The van der Waals surface area contributed by atoms with Crippen LogP contribution in [0.25, 0.3) is 5.65 Å². The third kappa shape index (κ3) is 1.84. The van der Waals surface area contributed by atoms with Crippen LogP contribution < -0.4 is 0 Å². The lowest BCUT2D eigenvalue weighted by atomic mass is 10.1. The molecule has 0 aliphatic heterocycles. The van der Waals surface area contributed by atoms with Crippen LogP contribution >= 0.6 is 11.6 Å². The monoisotopic (exact) mass is 258 g/mol. The lowest BCUT2D eigenvalue weighted by molar-refractivity contribution is 0.926. The van der Waals surface area contributed by atoms with E-state index in [1.165, 1.54) is 11.1 Å². The number of hydrogen-bond donors (Lipinski definition) is 0. The van der Waals surface area contributed by atoms with Crippen molar-refractivity contribution in [2.75, 3.05) is 0 Å². The average molecular weight is 259 g/mol. The maximum absolute atomic E-state index is 5.97. The Balaban J connectivity index is 2.06. The summed E-state index contributed by atoms with van der Waals surface area (Å²) in [6.45, 7) is 2.09. The van der Waals surface area contributed by atoms with Gasteiger partial charge in [-0.1, -0.05) is 35.9 Å². The van der Waals surface area contributed by atoms with Crippen molar-refractivity contribution in [3.8, 4) is 0 Å². The van der Waals surface area contributed by atoms with Gasteiger partial charge in [0, 0.05) is 18.8 Å². The Morgan fingerprint density at radius 2 is 2.06 bits per heavy atom. The number of benzene rings is 1. The van der Waals surface area contributed by atoms with Crippen molar-refractivity contribution in [3.05, 3.63) is 58.8 Å². The van der Waals surface area contributed by atoms with Gasteiger partial charge in [0.25, 0.3) is 0 Å². The molecule has 0 spiro atoms. The maximum atomic E-state index is 5.97. The highest BCUT2D eigenvalue weighted by molar-refractivity contribution is 6.32. The summed E-state index contributed by atoms with van der Waals surface area (Å²) in [6.07, 6.45) is 4.21. The Bertz CT molecular complexity index is 705. The SMILES string of the molecule is Cc1ccccc1Cc1nnc2c(Cl)nccn12. The number of hydrogen-bond acceptors (Lipinski definition) is 3. The van der Waals surface area contributed by atoms with Crippen molar-refractivity contribution in [1.82, 2.24) is 19.6 Å². The number of fused-ring (bicyclic) bond motifs is 1. The molecule has 0 fully saturated rings. The van der Waals surface area contributed by atoms with E-state index in [0.29, 0.717) is 10.8 Å². The fourth-order valence-corrected chi connectivity index (χ4v) is 2.13. The van der Waals surface area contributed by atoms with E-state index >= 15 is 0 Å². The van der Waals surface area contributed by atoms with Crippen molar-refractivity contribution in [1.29, 1.82) is 0 Å². The van der Waals surface area contributed by atoms with Crippen molar-refractivity contribution >= 4 is 17.2 Å². The zero-order chi connectivity index (χ0) is 12.5. The van der Waals surface area contributed by atoms with Crippen LogP contribution in [0.1, 0.15) is 17.0 Å². The first-order chi connectivity index (χ1) is 8.75. The number of halogens is 1. The van der Waals surface area contributed by atoms with Crippen LogP contribution in [0, 0.1) is 6.92 Å². The summed E-state index contributed by atoms with van der Waals surface area (Å²) < 4.78 is 1.88. The second kappa shape index (κ2) is 4.38. The number of aryl methyl sites for hydroxylation is 1. The summed E-state index contributed by atoms with van der Waals surface area (Å²) in [5.41, 5.74) is 3.08. The summed E-state index contributed by atoms with van der Waals surface area (Å²) in [4.78, 5) is 3.99. The minimum absolute atomic E-state index is 0.376. The number of aromatic nitrogens is 4. The first kappa shape index (κ1) is 11.2. The van der Waals surface area contributed by atoms with Gasteiger partial charge in [0.1, 0.15) is 5.82 Å². The van der Waals surface area contributed by atoms with E-state index in [1.54, 1.807) is 6.20 Å². The van der Waals surface area contributed by atoms with Gasteiger partial charge in [0.2, 0.25) is 0 Å². The average Bonchev–Trinajstić information content (AvgIpc) is 2.77. The van der Waals surface area contributed by atoms with Gasteiger partial charge in [0.05, 0.1) is 0 Å². The van der Waals surface area contributed by atoms with Gasteiger partial charge in [-0.3, -0.25) is 4.40 Å². The molecule has 18 heavy (non-hydrogen) atoms. The summed E-state index contributed by atoms with van der Waals surface area (Å²) in [5, 5.41) is 8.62. The first-order valence-electron chi connectivity index (χ1n) is 5.64. The van der Waals surface area contributed by atoms with Crippen molar-refractivity contribution in [2.24, 2.45) is 0 Å². The predicted molar refractivity (Wildman–Crippen MR) is 69.8 cm³/mol. The summed E-state index contributed by atoms with van der Waals surface area (Å²) in [5.74, 6) is 0.864. The molecule has 0 radical (unpaired) electrons. The first-order valence-corrected chi connectivity index (χ1v) is 6.02. The zero-order valence-electron chi connectivity index (χ0n) is 9.84. The molecule has 3 aromatic rings. The minimum Gasteiger partial charge on any atom is -0.282 e. The molecule has 0 saturated heterocycles. The second-order valence-corrected chi connectivity index (χ2v) is 4.49. The van der Waals surface area contributed by atoms with Crippen molar-refractivity contribution in [3.63, 3.8) is 0 Å². The van der Waals surface area contributed by atoms with Crippen LogP contribution in [0.2, 0.25) is 5.15 Å². The quantitative estimate of drug-likeness (QED) is 0.710. The van der Waals surface area contributed by atoms with E-state index in [4.69, 9.17) is 11.6 Å². The van der Waals surface area contributed by atoms with Gasteiger partial charge >= 0.3 is 0 Å². The zero-order valence-corrected chi connectivity index (χ0v) is 10.6. The van der Waals surface area contributed by atoms with Gasteiger partial charge in [-0.2, -0.15) is 0 Å². The number of nitrogens with zero attached hydrogens (tertiary/aromatic N) is 4. The summed E-state index contributed by atoms with van der Waals surface area (Å²) in [6, 6.07) is 8.24. The third-order valence-electron chi connectivity index (χ3n) is 2.96. The molecule has 0 bridgehead atoms. The summed E-state index contributed by atoms with van der Waals surface area (Å²) >= 11 is 5.97. The van der Waals surface area contributed by atoms with Gasteiger partial charge in [-0.05, 0) is 18.1 Å². The van der Waals surface area contributed by atoms with Crippen LogP contribution in [-0.2, 0) is 6.42 Å². The van der Waals surface area contributed by atoms with Crippen molar-refractivity contribution in [2.45, 2.75) is 13.3 Å². The smallest absolute Gasteiger partial charge is 0.198 e. The van der Waals surface area contributed by atoms with Crippen LogP contribution in [0.5, 0.6) is 0 Å². The fourth-order valence-electron chi connectivity index (χ4n) is 1.94. The van der Waals surface area contributed by atoms with E-state index in [0.717, 1.165) is 12.2 Å². The Morgan fingerprint density at radius 1 is 1.22 bits per heavy atom. The van der Waals surface area contributed by atoms with E-state index in [-0.39, 0.29) is 0 Å². The van der Waals surface area contributed by atoms with E-state index in [1.807, 2.05) is 22.7 Å². The van der Waals surface area contributed by atoms with Gasteiger partial charge in [-0.25, -0.2) is 4.98 Å². The molecule has 2 aromatic heterocycles. The summed E-state index contributed by atoms with van der Waals surface area (Å²) in [7, 11) is 0. The normalized spacial score (nSPS) is 11.0. The van der Waals surface area contributed by atoms with Crippen LogP contribution in [0.3, 0.4) is 0 Å². The van der Waals surface area contributed by atoms with E-state index in [2.05, 4.69) is 34.2 Å². The Hall–Kier alpha value is -1.94. The lowest BCUT2D eigenvalue weighted by Crippen LogP contribution is -1.98. The molecule has 1 aromatic carbocycles. The topological polar surface area (TPSA) is 43.1 Å². The van der Waals surface area contributed by atoms with Crippen LogP contribution in [0.4, 0.5) is 0 Å². The Labute approximate surface area is 109 Å². The molecule has 90 valence electrons. The third-order valence-corrected chi connectivity index (χ3v) is 3.23. The van der Waals surface area contributed by atoms with Crippen molar-refractivity contribution < 1.29 is 0 Å². The molecule has 0 amide bonds. The lowest BCUT2D eigenvalue weighted by Gasteiger charge is -2.04. The minimum atomic E-state index is 0.376. The second-order valence-electron chi connectivity index (χ2n) is 4.13. The molecule has 0 saturated carbocycles. The molecule has 5 heteroatoms. The molecule has 2 heterocycles. The Kier molecular flexibility index (Phi) is 2.72. The predicted octanol–water partition coefficient (Wildman–Crippen LogP) is 2.68. The molecule has 0 N–H and O–H groups in total.